The van der Waals surface area contributed by atoms with Crippen LogP contribution in [0.1, 0.15) is 59.3 Å². The Hall–Kier alpha value is -2.22. The molecule has 2 aromatic rings. The van der Waals surface area contributed by atoms with Crippen molar-refractivity contribution >= 4 is 31.6 Å². The maximum Gasteiger partial charge on any atom is 0.192 e. The number of hydrogen-bond acceptors (Lipinski definition) is 8. The smallest absolute Gasteiger partial charge is 0.192 e. The minimum atomic E-state index is -1.69. The van der Waals surface area contributed by atoms with Crippen molar-refractivity contribution in [1.29, 1.82) is 5.26 Å². The van der Waals surface area contributed by atoms with Gasteiger partial charge in [-0.15, -0.1) is 0 Å². The number of ether oxygens (including phenoxy) is 1. The van der Waals surface area contributed by atoms with E-state index in [2.05, 4.69) is 60.9 Å². The van der Waals surface area contributed by atoms with E-state index in [4.69, 9.17) is 25.7 Å². The van der Waals surface area contributed by atoms with Crippen molar-refractivity contribution in [3.05, 3.63) is 35.5 Å². The van der Waals surface area contributed by atoms with E-state index in [1.807, 2.05) is 24.3 Å². The average Bonchev–Trinajstić information content (AvgIpc) is 2.96. The molecule has 1 aliphatic carbocycles. The van der Waals surface area contributed by atoms with E-state index in [9.17, 15) is 5.26 Å². The molecule has 0 atom stereocenters. The second kappa shape index (κ2) is 13.8. The van der Waals surface area contributed by atoms with E-state index in [1.54, 1.807) is 6.20 Å². The van der Waals surface area contributed by atoms with Gasteiger partial charge in [-0.05, 0) is 74.9 Å². The Morgan fingerprint density at radius 3 is 2.51 bits per heavy atom. The van der Waals surface area contributed by atoms with Gasteiger partial charge in [0.2, 0.25) is 0 Å². The zero-order valence-electron chi connectivity index (χ0n) is 25.4. The van der Waals surface area contributed by atoms with E-state index >= 15 is 0 Å². The quantitative estimate of drug-likeness (QED) is 0.190. The zero-order chi connectivity index (χ0) is 29.5. The molecule has 0 spiro atoms. The second-order valence-electron chi connectivity index (χ2n) is 13.1. The Morgan fingerprint density at radius 2 is 1.83 bits per heavy atom. The molecule has 1 saturated heterocycles. The summed E-state index contributed by atoms with van der Waals surface area (Å²) in [6.45, 7) is 14.9. The number of nitrogens with one attached hydrogen (secondary N) is 3. The van der Waals surface area contributed by atoms with Gasteiger partial charge < -0.3 is 25.1 Å². The summed E-state index contributed by atoms with van der Waals surface area (Å²) in [7, 11) is -1.69. The van der Waals surface area contributed by atoms with E-state index < -0.39 is 13.7 Å². The molecule has 2 fully saturated rings. The molecular weight excluding hydrogens is 552 g/mol. The fourth-order valence-corrected chi connectivity index (χ4v) is 6.43. The first-order valence-electron chi connectivity index (χ1n) is 15.0. The van der Waals surface area contributed by atoms with Gasteiger partial charge in [-0.3, -0.25) is 0 Å². The van der Waals surface area contributed by atoms with Crippen LogP contribution in [-0.4, -0.2) is 63.3 Å². The van der Waals surface area contributed by atoms with Gasteiger partial charge in [-0.2, -0.15) is 5.26 Å². The third kappa shape index (κ3) is 8.65. The Morgan fingerprint density at radius 1 is 1.12 bits per heavy atom. The Balaban J connectivity index is 1.28. The minimum absolute atomic E-state index is 0.244. The van der Waals surface area contributed by atoms with Crippen molar-refractivity contribution in [3.8, 4) is 17.3 Å². The highest BCUT2D eigenvalue weighted by atomic mass is 35.5. The largest absolute Gasteiger partial charge is 0.416 e. The molecule has 1 aliphatic heterocycles. The highest BCUT2D eigenvalue weighted by Crippen LogP contribution is 2.36. The predicted octanol–water partition coefficient (Wildman–Crippen LogP) is 6.86. The van der Waals surface area contributed by atoms with Gasteiger partial charge in [-0.1, -0.05) is 38.4 Å². The molecule has 0 unspecified atom stereocenters. The van der Waals surface area contributed by atoms with Crippen LogP contribution in [0, 0.1) is 16.7 Å². The van der Waals surface area contributed by atoms with Crippen LogP contribution in [-0.2, 0) is 9.16 Å². The molecule has 0 amide bonds. The Bertz CT molecular complexity index is 1180. The lowest BCUT2D eigenvalue weighted by Crippen LogP contribution is -2.44. The molecule has 2 aliphatic rings. The van der Waals surface area contributed by atoms with Gasteiger partial charge in [0.25, 0.3) is 0 Å². The van der Waals surface area contributed by atoms with Crippen molar-refractivity contribution in [2.45, 2.75) is 89.5 Å². The van der Waals surface area contributed by atoms with Crippen LogP contribution in [0.5, 0.6) is 0 Å². The fourth-order valence-electron chi connectivity index (χ4n) is 5.18. The first-order chi connectivity index (χ1) is 19.5. The number of nitriles is 1. The molecule has 224 valence electrons. The summed E-state index contributed by atoms with van der Waals surface area (Å²) in [5, 5.41) is 21.3. The Labute approximate surface area is 252 Å². The summed E-state index contributed by atoms with van der Waals surface area (Å²) < 4.78 is 11.8. The van der Waals surface area contributed by atoms with Crippen molar-refractivity contribution < 1.29 is 9.16 Å². The van der Waals surface area contributed by atoms with Crippen LogP contribution in [0.2, 0.25) is 23.2 Å². The maximum atomic E-state index is 9.76. The topological polar surface area (TPSA) is 104 Å². The SMILES string of the molecule is CC(C)(C)[Si](C)(C)OCCN[C@H]1CC[C@H](Nc2cc(-c3cccc(NCC4(C#N)CCOCC4)n3)c(Cl)cn2)CC1. The van der Waals surface area contributed by atoms with Crippen LogP contribution in [0.25, 0.3) is 11.3 Å². The van der Waals surface area contributed by atoms with E-state index in [-0.39, 0.29) is 5.04 Å². The van der Waals surface area contributed by atoms with Gasteiger partial charge in [0.15, 0.2) is 8.32 Å². The molecule has 0 radical (unpaired) electrons. The van der Waals surface area contributed by atoms with E-state index in [0.29, 0.717) is 36.9 Å². The van der Waals surface area contributed by atoms with Crippen LogP contribution in [0.3, 0.4) is 0 Å². The van der Waals surface area contributed by atoms with Crippen LogP contribution in [0.4, 0.5) is 11.6 Å². The lowest BCUT2D eigenvalue weighted by molar-refractivity contribution is 0.0455. The van der Waals surface area contributed by atoms with E-state index in [1.165, 1.54) is 0 Å². The molecule has 0 bridgehead atoms. The highest BCUT2D eigenvalue weighted by molar-refractivity contribution is 6.74. The zero-order valence-corrected chi connectivity index (χ0v) is 27.1. The summed E-state index contributed by atoms with van der Waals surface area (Å²) in [5.74, 6) is 1.54. The second-order valence-corrected chi connectivity index (χ2v) is 18.3. The molecule has 3 N–H and O–H groups in total. The molecular formula is C31H47ClN6O2Si. The van der Waals surface area contributed by atoms with Crippen molar-refractivity contribution in [2.75, 3.05) is 43.5 Å². The molecule has 3 heterocycles. The maximum absolute atomic E-state index is 9.76. The van der Waals surface area contributed by atoms with Crippen LogP contribution in [0.15, 0.2) is 30.5 Å². The molecule has 0 aromatic carbocycles. The number of aromatic nitrogens is 2. The summed E-state index contributed by atoms with van der Waals surface area (Å²) in [5.41, 5.74) is 1.19. The lowest BCUT2D eigenvalue weighted by Gasteiger charge is -2.36. The number of anilines is 2. The lowest BCUT2D eigenvalue weighted by atomic mass is 9.82. The highest BCUT2D eigenvalue weighted by Gasteiger charge is 2.37. The fraction of sp³-hybridized carbons (Fsp3) is 0.645. The average molecular weight is 599 g/mol. The van der Waals surface area contributed by atoms with Crippen molar-refractivity contribution in [2.24, 2.45) is 5.41 Å². The van der Waals surface area contributed by atoms with Gasteiger partial charge in [0.05, 0.1) is 22.2 Å². The first kappa shape index (κ1) is 31.7. The molecule has 10 heteroatoms. The molecule has 41 heavy (non-hydrogen) atoms. The summed E-state index contributed by atoms with van der Waals surface area (Å²) >= 11 is 6.58. The van der Waals surface area contributed by atoms with Gasteiger partial charge in [-0.25, -0.2) is 9.97 Å². The third-order valence-electron chi connectivity index (χ3n) is 9.06. The van der Waals surface area contributed by atoms with Crippen molar-refractivity contribution in [3.63, 3.8) is 0 Å². The monoisotopic (exact) mass is 598 g/mol. The number of halogens is 1. The number of nitrogens with zero attached hydrogens (tertiary/aromatic N) is 3. The minimum Gasteiger partial charge on any atom is -0.416 e. The first-order valence-corrected chi connectivity index (χ1v) is 18.3. The standard InChI is InChI=1S/C31H47ClN6O2Si/c1-30(2,3)41(4,5)40-18-15-34-23-9-11-24(12-10-23)37-29-19-25(26(32)20-35-29)27-7-6-8-28(38-27)36-22-31(21-33)13-16-39-17-14-31/h6-8,19-20,23-24,34H,9-18,22H2,1-5H3,(H,35,37)(H,36,38)/t23-,24-. The summed E-state index contributed by atoms with van der Waals surface area (Å²) in [6, 6.07) is 11.2. The van der Waals surface area contributed by atoms with Gasteiger partial charge in [0, 0.05) is 56.8 Å². The third-order valence-corrected chi connectivity index (χ3v) is 13.9. The normalized spacial score (nSPS) is 21.2. The van der Waals surface area contributed by atoms with Gasteiger partial charge >= 0.3 is 0 Å². The van der Waals surface area contributed by atoms with Crippen LogP contribution < -0.4 is 16.0 Å². The molecule has 8 nitrogen and oxygen atoms in total. The molecule has 1 saturated carbocycles. The molecule has 2 aromatic heterocycles. The number of pyridine rings is 2. The summed E-state index contributed by atoms with van der Waals surface area (Å²) in [6.07, 6.45) is 7.58. The summed E-state index contributed by atoms with van der Waals surface area (Å²) in [4.78, 5) is 9.37. The van der Waals surface area contributed by atoms with Gasteiger partial charge in [0.1, 0.15) is 11.6 Å². The predicted molar refractivity (Wildman–Crippen MR) is 170 cm³/mol. The van der Waals surface area contributed by atoms with Crippen molar-refractivity contribution in [1.82, 2.24) is 15.3 Å². The number of hydrogen-bond donors (Lipinski definition) is 3. The Kier molecular flexibility index (Phi) is 10.7. The number of rotatable bonds is 11. The van der Waals surface area contributed by atoms with Crippen LogP contribution >= 0.6 is 11.6 Å². The molecule has 4 rings (SSSR count). The van der Waals surface area contributed by atoms with E-state index in [0.717, 1.165) is 74.6 Å².